The molecule has 0 saturated carbocycles. The minimum atomic E-state index is -0.663. The van der Waals surface area contributed by atoms with Crippen LogP contribution in [0.2, 0.25) is 0 Å². The average Bonchev–Trinajstić information content (AvgIpc) is 2.68. The number of aromatic amines is 1. The quantitative estimate of drug-likeness (QED) is 0.741. The fraction of sp³-hybridized carbons (Fsp3) is 0.450. The lowest BCUT2D eigenvalue weighted by atomic mass is 9.78. The molecular formula is C20H23N5O4. The average molecular weight is 397 g/mol. The van der Waals surface area contributed by atoms with Crippen molar-refractivity contribution in [1.29, 1.82) is 0 Å². The van der Waals surface area contributed by atoms with Crippen molar-refractivity contribution in [3.05, 3.63) is 62.7 Å². The number of carbonyl (C=O) groups is 2. The fourth-order valence-electron chi connectivity index (χ4n) is 4.49. The number of rotatable bonds is 4. The largest absolute Gasteiger partial charge is 0.354 e. The molecule has 29 heavy (non-hydrogen) atoms. The molecule has 2 bridgehead atoms. The molecular weight excluding hydrogens is 374 g/mol. The predicted molar refractivity (Wildman–Crippen MR) is 104 cm³/mol. The van der Waals surface area contributed by atoms with Gasteiger partial charge < -0.3 is 15.2 Å². The van der Waals surface area contributed by atoms with Gasteiger partial charge in [0, 0.05) is 68.3 Å². The number of pyridine rings is 1. The van der Waals surface area contributed by atoms with Crippen LogP contribution in [-0.4, -0.2) is 50.9 Å². The molecule has 9 nitrogen and oxygen atoms in total. The molecule has 1 saturated heterocycles. The molecule has 2 aromatic heterocycles. The normalized spacial score (nSPS) is 22.7. The molecule has 4 rings (SSSR count). The Kier molecular flexibility index (Phi) is 5.04. The van der Waals surface area contributed by atoms with Gasteiger partial charge in [-0.1, -0.05) is 6.07 Å². The molecule has 0 radical (unpaired) electrons. The Morgan fingerprint density at radius 2 is 2.10 bits per heavy atom. The zero-order chi connectivity index (χ0) is 20.5. The predicted octanol–water partition coefficient (Wildman–Crippen LogP) is -0.203. The Morgan fingerprint density at radius 3 is 2.86 bits per heavy atom. The van der Waals surface area contributed by atoms with E-state index in [4.69, 9.17) is 0 Å². The maximum Gasteiger partial charge on any atom is 0.251 e. The Hall–Kier alpha value is -3.23. The summed E-state index contributed by atoms with van der Waals surface area (Å²) in [5.41, 5.74) is 0.934. The number of H-pyrrole nitrogens is 1. The van der Waals surface area contributed by atoms with E-state index < -0.39 is 6.04 Å². The second-order valence-corrected chi connectivity index (χ2v) is 7.66. The molecule has 0 spiro atoms. The van der Waals surface area contributed by atoms with E-state index in [0.29, 0.717) is 31.7 Å². The van der Waals surface area contributed by atoms with Gasteiger partial charge in [-0.2, -0.15) is 0 Å². The van der Waals surface area contributed by atoms with Gasteiger partial charge in [-0.3, -0.25) is 23.7 Å². The number of likely N-dealkylation sites (tertiary alicyclic amines) is 1. The summed E-state index contributed by atoms with van der Waals surface area (Å²) in [6.07, 6.45) is 2.50. The van der Waals surface area contributed by atoms with Crippen LogP contribution in [0.25, 0.3) is 0 Å². The number of aromatic nitrogens is 3. The van der Waals surface area contributed by atoms with E-state index in [2.05, 4.69) is 15.3 Å². The smallest absolute Gasteiger partial charge is 0.251 e. The van der Waals surface area contributed by atoms with Crippen molar-refractivity contribution >= 4 is 11.8 Å². The second kappa shape index (κ2) is 7.65. The van der Waals surface area contributed by atoms with E-state index in [1.807, 2.05) is 6.07 Å². The number of fused-ring (bicyclic) bond motifs is 4. The van der Waals surface area contributed by atoms with Crippen molar-refractivity contribution in [3.63, 3.8) is 0 Å². The Labute approximate surface area is 166 Å². The van der Waals surface area contributed by atoms with E-state index in [1.165, 1.54) is 25.4 Å². The van der Waals surface area contributed by atoms with Gasteiger partial charge in [0.15, 0.2) is 0 Å². The van der Waals surface area contributed by atoms with Crippen molar-refractivity contribution in [2.75, 3.05) is 19.6 Å². The lowest BCUT2D eigenvalue weighted by Crippen LogP contribution is -2.54. The van der Waals surface area contributed by atoms with Crippen LogP contribution >= 0.6 is 0 Å². The summed E-state index contributed by atoms with van der Waals surface area (Å²) in [4.78, 5) is 57.3. The number of piperidine rings is 1. The Balaban J connectivity index is 1.57. The maximum atomic E-state index is 13.1. The number of hydrogen-bond acceptors (Lipinski definition) is 5. The van der Waals surface area contributed by atoms with Gasteiger partial charge in [0.25, 0.3) is 11.1 Å². The molecule has 2 aromatic rings. The van der Waals surface area contributed by atoms with Crippen LogP contribution in [0.4, 0.5) is 0 Å². The van der Waals surface area contributed by atoms with Crippen molar-refractivity contribution in [2.24, 2.45) is 5.92 Å². The summed E-state index contributed by atoms with van der Waals surface area (Å²) in [7, 11) is 0. The first-order valence-electron chi connectivity index (χ1n) is 9.72. The highest BCUT2D eigenvalue weighted by atomic mass is 16.2. The van der Waals surface area contributed by atoms with E-state index in [9.17, 15) is 19.2 Å². The van der Waals surface area contributed by atoms with Crippen molar-refractivity contribution < 1.29 is 9.59 Å². The maximum absolute atomic E-state index is 13.1. The molecule has 3 atom stereocenters. The van der Waals surface area contributed by atoms with Gasteiger partial charge in [0.1, 0.15) is 6.04 Å². The second-order valence-electron chi connectivity index (χ2n) is 7.66. The minimum Gasteiger partial charge on any atom is -0.354 e. The van der Waals surface area contributed by atoms with E-state index in [-0.39, 0.29) is 34.8 Å². The van der Waals surface area contributed by atoms with Crippen LogP contribution < -0.4 is 16.4 Å². The molecule has 0 aliphatic carbocycles. The first-order valence-corrected chi connectivity index (χ1v) is 9.72. The third-order valence-corrected chi connectivity index (χ3v) is 5.78. The van der Waals surface area contributed by atoms with Gasteiger partial charge in [0.05, 0.1) is 6.33 Å². The molecule has 0 unspecified atom stereocenters. The van der Waals surface area contributed by atoms with Crippen LogP contribution in [0, 0.1) is 5.92 Å². The molecule has 2 aliphatic rings. The standard InChI is InChI=1S/C20H23N5O4/c1-12(26)24-9-13-7-14(10-24)19(25-16(13)3-2-4-18(25)28)20(29)21-6-5-15-8-17(27)23-11-22-15/h2-4,8,11,13-14,19H,5-7,9-10H2,1H3,(H,21,29)(H,22,23,27)/t13-,14+,19-/m1/s1. The summed E-state index contributed by atoms with van der Waals surface area (Å²) in [6.45, 7) is 2.86. The van der Waals surface area contributed by atoms with Crippen LogP contribution in [0.5, 0.6) is 0 Å². The molecule has 152 valence electrons. The van der Waals surface area contributed by atoms with E-state index >= 15 is 0 Å². The van der Waals surface area contributed by atoms with Crippen molar-refractivity contribution in [3.8, 4) is 0 Å². The number of amides is 2. The Bertz CT molecular complexity index is 1060. The summed E-state index contributed by atoms with van der Waals surface area (Å²) in [6, 6.07) is 5.77. The monoisotopic (exact) mass is 397 g/mol. The molecule has 2 N–H and O–H groups in total. The summed E-state index contributed by atoms with van der Waals surface area (Å²) < 4.78 is 1.59. The topological polar surface area (TPSA) is 117 Å². The highest BCUT2D eigenvalue weighted by Crippen LogP contribution is 2.41. The fourth-order valence-corrected chi connectivity index (χ4v) is 4.49. The third kappa shape index (κ3) is 3.72. The molecule has 1 fully saturated rings. The Morgan fingerprint density at radius 1 is 1.28 bits per heavy atom. The van der Waals surface area contributed by atoms with Crippen LogP contribution in [0.15, 0.2) is 40.2 Å². The molecule has 0 aromatic carbocycles. The summed E-state index contributed by atoms with van der Waals surface area (Å²) in [5, 5.41) is 2.88. The van der Waals surface area contributed by atoms with Gasteiger partial charge in [-0.15, -0.1) is 0 Å². The molecule has 4 heterocycles. The van der Waals surface area contributed by atoms with Crippen LogP contribution in [0.1, 0.15) is 36.7 Å². The third-order valence-electron chi connectivity index (χ3n) is 5.78. The highest BCUT2D eigenvalue weighted by Gasteiger charge is 2.44. The number of nitrogens with one attached hydrogen (secondary N) is 2. The van der Waals surface area contributed by atoms with Crippen LogP contribution in [-0.2, 0) is 16.0 Å². The lowest BCUT2D eigenvalue weighted by Gasteiger charge is -2.46. The summed E-state index contributed by atoms with van der Waals surface area (Å²) >= 11 is 0. The zero-order valence-electron chi connectivity index (χ0n) is 16.1. The van der Waals surface area contributed by atoms with Crippen molar-refractivity contribution in [2.45, 2.75) is 31.7 Å². The highest BCUT2D eigenvalue weighted by molar-refractivity contribution is 5.81. The van der Waals surface area contributed by atoms with Crippen LogP contribution in [0.3, 0.4) is 0 Å². The van der Waals surface area contributed by atoms with Gasteiger partial charge >= 0.3 is 0 Å². The first-order chi connectivity index (χ1) is 13.9. The first kappa shape index (κ1) is 19.1. The van der Waals surface area contributed by atoms with Gasteiger partial charge in [-0.25, -0.2) is 4.98 Å². The number of carbonyl (C=O) groups excluding carboxylic acids is 2. The number of nitrogens with zero attached hydrogens (tertiary/aromatic N) is 3. The van der Waals surface area contributed by atoms with E-state index in [1.54, 1.807) is 15.5 Å². The number of hydrogen-bond donors (Lipinski definition) is 2. The minimum absolute atomic E-state index is 0.0223. The van der Waals surface area contributed by atoms with Crippen molar-refractivity contribution in [1.82, 2.24) is 24.8 Å². The summed E-state index contributed by atoms with van der Waals surface area (Å²) in [5.74, 6) is -0.344. The SMILES string of the molecule is CC(=O)N1C[C@H]2C[C@@H](C1)[C@H](C(=O)NCCc1cc(=O)[nH]cn1)n1c2cccc1=O. The van der Waals surface area contributed by atoms with E-state index in [0.717, 1.165) is 12.1 Å². The van der Waals surface area contributed by atoms with Gasteiger partial charge in [-0.05, 0) is 12.5 Å². The molecule has 2 amide bonds. The van der Waals surface area contributed by atoms with Gasteiger partial charge in [0.2, 0.25) is 11.8 Å². The molecule has 2 aliphatic heterocycles. The lowest BCUT2D eigenvalue weighted by molar-refractivity contribution is -0.135. The zero-order valence-corrected chi connectivity index (χ0v) is 16.1. The molecule has 9 heteroatoms.